The van der Waals surface area contributed by atoms with Gasteiger partial charge in [0.15, 0.2) is 0 Å². The molecule has 1 saturated carbocycles. The quantitative estimate of drug-likeness (QED) is 0.553. The lowest BCUT2D eigenvalue weighted by atomic mass is 9.89. The summed E-state index contributed by atoms with van der Waals surface area (Å²) in [4.78, 5) is 0. The molecular formula is C18H31NO3S. The summed E-state index contributed by atoms with van der Waals surface area (Å²) in [6.45, 7) is 0.990. The minimum absolute atomic E-state index is 0.259. The third kappa shape index (κ3) is 7.57. The van der Waals surface area contributed by atoms with Gasteiger partial charge < -0.3 is 19.3 Å². The monoisotopic (exact) mass is 341 g/mol. The predicted molar refractivity (Wildman–Crippen MR) is 98.5 cm³/mol. The fraction of sp³-hybridized carbons (Fsp3) is 0.667. The van der Waals surface area contributed by atoms with Crippen LogP contribution in [0.25, 0.3) is 0 Å². The largest absolute Gasteiger partial charge is 0.497 e. The summed E-state index contributed by atoms with van der Waals surface area (Å²) in [5.41, 5.74) is 1.63. The molecule has 1 aromatic carbocycles. The van der Waals surface area contributed by atoms with Crippen LogP contribution < -0.4 is 10.1 Å². The van der Waals surface area contributed by atoms with Crippen molar-refractivity contribution in [3.63, 3.8) is 0 Å². The van der Waals surface area contributed by atoms with Gasteiger partial charge in [0.05, 0.1) is 7.11 Å². The summed E-state index contributed by atoms with van der Waals surface area (Å²) < 4.78 is 18.2. The van der Waals surface area contributed by atoms with Crippen molar-refractivity contribution in [1.29, 1.82) is 0 Å². The fourth-order valence-electron chi connectivity index (χ4n) is 3.09. The van der Waals surface area contributed by atoms with E-state index in [-0.39, 0.29) is 5.54 Å². The Morgan fingerprint density at radius 3 is 2.26 bits per heavy atom. The molecule has 5 heteroatoms. The van der Waals surface area contributed by atoms with Crippen molar-refractivity contribution in [1.82, 2.24) is 5.32 Å². The molecule has 0 aliphatic heterocycles. The highest BCUT2D eigenvalue weighted by Crippen LogP contribution is 2.33. The summed E-state index contributed by atoms with van der Waals surface area (Å²) in [6.07, 6.45) is 7.25. The van der Waals surface area contributed by atoms with E-state index in [9.17, 15) is 0 Å². The summed E-state index contributed by atoms with van der Waals surface area (Å²) in [5, 5.41) is 3.75. The summed E-state index contributed by atoms with van der Waals surface area (Å²) in [5.74, 6) is 1.73. The Morgan fingerprint density at radius 1 is 1.13 bits per heavy atom. The molecule has 0 amide bonds. The number of rotatable bonds is 8. The minimum atomic E-state index is 0.259. The number of hydrogen-bond donors (Lipinski definition) is 2. The first kappa shape index (κ1) is 20.3. The van der Waals surface area contributed by atoms with E-state index in [2.05, 4.69) is 22.2 Å². The van der Waals surface area contributed by atoms with Gasteiger partial charge in [-0.1, -0.05) is 25.0 Å². The zero-order chi connectivity index (χ0) is 17.0. The molecule has 1 aromatic rings. The summed E-state index contributed by atoms with van der Waals surface area (Å²) in [6, 6.07) is 8.43. The number of benzene rings is 1. The van der Waals surface area contributed by atoms with Crippen LogP contribution in [0.15, 0.2) is 24.3 Å². The second-order valence-corrected chi connectivity index (χ2v) is 6.70. The molecule has 0 aromatic heterocycles. The summed E-state index contributed by atoms with van der Waals surface area (Å²) in [7, 11) is 4.95. The number of methoxy groups -OCH3 is 2. The zero-order valence-corrected chi connectivity index (χ0v) is 15.5. The van der Waals surface area contributed by atoms with Crippen LogP contribution in [0.3, 0.4) is 0 Å². The van der Waals surface area contributed by atoms with Crippen LogP contribution in [0.5, 0.6) is 5.75 Å². The lowest BCUT2D eigenvalue weighted by molar-refractivity contribution is 0.277. The zero-order valence-electron chi connectivity index (χ0n) is 14.6. The molecule has 0 unspecified atom stereocenters. The molecule has 1 aliphatic carbocycles. The van der Waals surface area contributed by atoms with Crippen LogP contribution in [-0.2, 0) is 11.2 Å². The van der Waals surface area contributed by atoms with Gasteiger partial charge in [0.25, 0.3) is 0 Å². The molecule has 0 spiro atoms. The van der Waals surface area contributed by atoms with E-state index in [1.165, 1.54) is 31.2 Å². The first-order chi connectivity index (χ1) is 11.2. The molecule has 0 bridgehead atoms. The maximum absolute atomic E-state index is 8.78. The van der Waals surface area contributed by atoms with Crippen molar-refractivity contribution < 1.29 is 14.0 Å². The van der Waals surface area contributed by atoms with Crippen LogP contribution in [0.4, 0.5) is 0 Å². The predicted octanol–water partition coefficient (Wildman–Crippen LogP) is 4.00. The lowest BCUT2D eigenvalue weighted by Crippen LogP contribution is -2.45. The van der Waals surface area contributed by atoms with E-state index in [0.717, 1.165) is 42.9 Å². The highest BCUT2D eigenvalue weighted by atomic mass is 32.2. The molecule has 2 rings (SSSR count). The first-order valence-corrected chi connectivity index (χ1v) is 9.18. The highest BCUT2D eigenvalue weighted by Gasteiger charge is 2.33. The second-order valence-electron chi connectivity index (χ2n) is 6.03. The molecule has 0 radical (unpaired) electrons. The van der Waals surface area contributed by atoms with Gasteiger partial charge in [-0.05, 0) is 62.0 Å². The Kier molecular flexibility index (Phi) is 10.4. The Hall–Kier alpha value is -0.750. The van der Waals surface area contributed by atoms with E-state index >= 15 is 0 Å². The van der Waals surface area contributed by atoms with E-state index in [4.69, 9.17) is 9.29 Å². The van der Waals surface area contributed by atoms with E-state index in [1.54, 1.807) is 21.3 Å². The fourth-order valence-corrected chi connectivity index (χ4v) is 3.37. The van der Waals surface area contributed by atoms with Gasteiger partial charge in [0.2, 0.25) is 0 Å². The highest BCUT2D eigenvalue weighted by molar-refractivity contribution is 7.93. The molecule has 132 valence electrons. The van der Waals surface area contributed by atoms with Crippen molar-refractivity contribution in [2.24, 2.45) is 0 Å². The molecule has 1 fully saturated rings. The van der Waals surface area contributed by atoms with Crippen LogP contribution in [0.2, 0.25) is 0 Å². The van der Waals surface area contributed by atoms with Crippen LogP contribution in [0, 0.1) is 0 Å². The minimum Gasteiger partial charge on any atom is -0.497 e. The van der Waals surface area contributed by atoms with Crippen molar-refractivity contribution in [3.05, 3.63) is 29.8 Å². The summed E-state index contributed by atoms with van der Waals surface area (Å²) >= 11 is 0.937. The average Bonchev–Trinajstić information content (AvgIpc) is 3.02. The molecule has 0 heterocycles. The van der Waals surface area contributed by atoms with Crippen molar-refractivity contribution in [2.45, 2.75) is 44.1 Å². The third-order valence-corrected chi connectivity index (χ3v) is 4.65. The normalized spacial score (nSPS) is 15.8. The van der Waals surface area contributed by atoms with Crippen LogP contribution in [0.1, 0.15) is 37.7 Å². The first-order valence-electron chi connectivity index (χ1n) is 8.24. The van der Waals surface area contributed by atoms with Gasteiger partial charge in [-0.3, -0.25) is 0 Å². The van der Waals surface area contributed by atoms with E-state index in [0.29, 0.717) is 0 Å². The van der Waals surface area contributed by atoms with Crippen molar-refractivity contribution in [2.75, 3.05) is 33.6 Å². The molecule has 0 atom stereocenters. The number of nitrogens with one attached hydrogen (secondary N) is 1. The van der Waals surface area contributed by atoms with Crippen LogP contribution >= 0.6 is 12.0 Å². The topological polar surface area (TPSA) is 50.7 Å². The third-order valence-electron chi connectivity index (χ3n) is 4.17. The molecule has 23 heavy (non-hydrogen) atoms. The standard InChI is InChI=1S/C16H25NO2S.C2H6O/c1-19-15-7-5-14(6-8-15)13-16(9-2-3-10-16)17-11-4-12-20-18;1-3-2/h5-8,17-18H,2-4,9-13H2,1H3;1-2H3. The molecule has 1 aliphatic rings. The molecule has 2 N–H and O–H groups in total. The molecule has 4 nitrogen and oxygen atoms in total. The van der Waals surface area contributed by atoms with Gasteiger partial charge in [-0.25, -0.2) is 0 Å². The van der Waals surface area contributed by atoms with E-state index in [1.807, 2.05) is 12.1 Å². The lowest BCUT2D eigenvalue weighted by Gasteiger charge is -2.31. The Bertz CT molecular complexity index is 405. The Labute approximate surface area is 145 Å². The number of hydrogen-bond acceptors (Lipinski definition) is 5. The van der Waals surface area contributed by atoms with Gasteiger partial charge in [-0.2, -0.15) is 0 Å². The van der Waals surface area contributed by atoms with Gasteiger partial charge >= 0.3 is 0 Å². The smallest absolute Gasteiger partial charge is 0.118 e. The van der Waals surface area contributed by atoms with Crippen molar-refractivity contribution in [3.8, 4) is 5.75 Å². The van der Waals surface area contributed by atoms with Gasteiger partial charge in [0, 0.05) is 25.5 Å². The van der Waals surface area contributed by atoms with Gasteiger partial charge in [0.1, 0.15) is 5.75 Å². The van der Waals surface area contributed by atoms with Gasteiger partial charge in [-0.15, -0.1) is 0 Å². The Morgan fingerprint density at radius 2 is 1.74 bits per heavy atom. The maximum atomic E-state index is 8.78. The maximum Gasteiger partial charge on any atom is 0.118 e. The van der Waals surface area contributed by atoms with Crippen molar-refractivity contribution >= 4 is 12.0 Å². The average molecular weight is 342 g/mol. The second kappa shape index (κ2) is 11.7. The Balaban J connectivity index is 0.000000816. The molecule has 0 saturated heterocycles. The van der Waals surface area contributed by atoms with Crippen LogP contribution in [-0.4, -0.2) is 43.7 Å². The number of ether oxygens (including phenoxy) is 2. The molecular weight excluding hydrogens is 310 g/mol. The SMILES string of the molecule is COC.COc1ccc(CC2(NCCCSO)CCCC2)cc1. The van der Waals surface area contributed by atoms with E-state index < -0.39 is 0 Å².